The SMILES string of the molecule is C#C.C=C1CC[C@H](/C=C/CCCC[C@@H](C)O)C1.CCCc1ccc(C(=O)O)s1. The number of carboxylic acids is 1. The molecule has 2 rings (SSSR count). The predicted molar refractivity (Wildman–Crippen MR) is 121 cm³/mol. The highest BCUT2D eigenvalue weighted by Crippen LogP contribution is 2.29. The fraction of sp³-hybridized carbons (Fsp3) is 0.542. The topological polar surface area (TPSA) is 57.5 Å². The second-order valence-corrected chi connectivity index (χ2v) is 8.30. The number of aliphatic hydroxyl groups is 1. The molecule has 0 radical (unpaired) electrons. The summed E-state index contributed by atoms with van der Waals surface area (Å²) >= 11 is 1.37. The molecule has 1 aliphatic carbocycles. The molecule has 1 saturated carbocycles. The standard InChI is InChI=1S/C14H24O.C8H10O2S.C2H2/c1-12-9-10-14(11-12)8-6-4-3-5-7-13(2)15;1-2-3-6-4-5-7(11-6)8(9)10;1-2/h6,8,13-15H,1,3-5,7,9-11H2,2H3;4-5H,2-3H2,1H3,(H,9,10);1-2H/b8-6+;;/t13-,14+;;/m1../s1. The fourth-order valence-electron chi connectivity index (χ4n) is 2.99. The van der Waals surface area contributed by atoms with Crippen molar-refractivity contribution in [2.75, 3.05) is 0 Å². The molecule has 0 unspecified atom stereocenters. The van der Waals surface area contributed by atoms with E-state index in [1.54, 1.807) is 6.07 Å². The molecular formula is C24H36O3S. The van der Waals surface area contributed by atoms with Gasteiger partial charge in [0.25, 0.3) is 0 Å². The van der Waals surface area contributed by atoms with Gasteiger partial charge in [0.2, 0.25) is 0 Å². The van der Waals surface area contributed by atoms with Crippen molar-refractivity contribution in [3.05, 3.63) is 46.2 Å². The first-order valence-corrected chi connectivity index (χ1v) is 10.9. The van der Waals surface area contributed by atoms with Crippen molar-refractivity contribution in [2.24, 2.45) is 5.92 Å². The maximum absolute atomic E-state index is 10.4. The molecule has 1 aliphatic rings. The number of terminal acetylenes is 1. The number of carboxylic acid groups (broad SMARTS) is 1. The number of aryl methyl sites for hydroxylation is 1. The Morgan fingerprint density at radius 2 is 2.11 bits per heavy atom. The molecule has 0 saturated heterocycles. The van der Waals surface area contributed by atoms with Gasteiger partial charge < -0.3 is 10.2 Å². The van der Waals surface area contributed by atoms with Crippen LogP contribution in [0, 0.1) is 18.8 Å². The Kier molecular flexibility index (Phi) is 15.1. The summed E-state index contributed by atoms with van der Waals surface area (Å²) in [4.78, 5) is 12.0. The normalized spacial score (nSPS) is 16.8. The lowest BCUT2D eigenvalue weighted by atomic mass is 10.1. The van der Waals surface area contributed by atoms with Gasteiger partial charge in [-0.05, 0) is 69.9 Å². The second-order valence-electron chi connectivity index (χ2n) is 7.14. The quantitative estimate of drug-likeness (QED) is 0.281. The van der Waals surface area contributed by atoms with Gasteiger partial charge in [0, 0.05) is 4.88 Å². The van der Waals surface area contributed by atoms with E-state index in [0.717, 1.165) is 42.9 Å². The highest BCUT2D eigenvalue weighted by molar-refractivity contribution is 7.13. The van der Waals surface area contributed by atoms with Gasteiger partial charge in [-0.3, -0.25) is 0 Å². The average Bonchev–Trinajstić information content (AvgIpc) is 3.30. The minimum atomic E-state index is -0.822. The van der Waals surface area contributed by atoms with Crippen molar-refractivity contribution >= 4 is 17.3 Å². The minimum Gasteiger partial charge on any atom is -0.477 e. The van der Waals surface area contributed by atoms with Gasteiger partial charge in [-0.2, -0.15) is 0 Å². The molecule has 1 fully saturated rings. The van der Waals surface area contributed by atoms with Crippen LogP contribution in [0.4, 0.5) is 0 Å². The predicted octanol–water partition coefficient (Wildman–Crippen LogP) is 6.49. The van der Waals surface area contributed by atoms with Crippen LogP contribution in [0.1, 0.15) is 79.8 Å². The number of aliphatic hydroxyl groups excluding tert-OH is 1. The number of rotatable bonds is 9. The number of aromatic carboxylic acids is 1. The van der Waals surface area contributed by atoms with E-state index in [4.69, 9.17) is 10.2 Å². The van der Waals surface area contributed by atoms with Gasteiger partial charge in [-0.1, -0.05) is 44.1 Å². The summed E-state index contributed by atoms with van der Waals surface area (Å²) in [7, 11) is 0. The zero-order chi connectivity index (χ0) is 21.4. The molecule has 0 amide bonds. The summed E-state index contributed by atoms with van der Waals surface area (Å²) in [5.74, 6) is -0.0633. The number of allylic oxidation sites excluding steroid dienone is 3. The molecule has 0 spiro atoms. The third-order valence-electron chi connectivity index (χ3n) is 4.44. The smallest absolute Gasteiger partial charge is 0.345 e. The molecule has 3 nitrogen and oxygen atoms in total. The molecule has 1 heterocycles. The maximum Gasteiger partial charge on any atom is 0.345 e. The van der Waals surface area contributed by atoms with E-state index >= 15 is 0 Å². The molecule has 4 heteroatoms. The molecule has 0 bridgehead atoms. The van der Waals surface area contributed by atoms with Crippen LogP contribution in [-0.4, -0.2) is 22.3 Å². The van der Waals surface area contributed by atoms with E-state index in [1.165, 1.54) is 42.6 Å². The number of hydrogen-bond donors (Lipinski definition) is 2. The third-order valence-corrected chi connectivity index (χ3v) is 5.57. The largest absolute Gasteiger partial charge is 0.477 e. The molecule has 0 aromatic carbocycles. The van der Waals surface area contributed by atoms with Crippen molar-refractivity contribution < 1.29 is 15.0 Å². The van der Waals surface area contributed by atoms with E-state index in [0.29, 0.717) is 4.88 Å². The van der Waals surface area contributed by atoms with Crippen LogP contribution < -0.4 is 0 Å². The number of carbonyl (C=O) groups is 1. The highest BCUT2D eigenvalue weighted by Gasteiger charge is 2.14. The fourth-order valence-corrected chi connectivity index (χ4v) is 3.94. The van der Waals surface area contributed by atoms with Crippen LogP contribution in [-0.2, 0) is 6.42 Å². The van der Waals surface area contributed by atoms with E-state index in [-0.39, 0.29) is 6.10 Å². The average molecular weight is 405 g/mol. The number of thiophene rings is 1. The third kappa shape index (κ3) is 12.5. The summed E-state index contributed by atoms with van der Waals surface area (Å²) < 4.78 is 0. The van der Waals surface area contributed by atoms with Crippen LogP contribution in [0.5, 0.6) is 0 Å². The second kappa shape index (κ2) is 16.2. The van der Waals surface area contributed by atoms with E-state index < -0.39 is 5.97 Å². The summed E-state index contributed by atoms with van der Waals surface area (Å²) in [5.41, 5.74) is 1.42. The first kappa shape index (κ1) is 26.2. The Hall–Kier alpha value is -1.83. The van der Waals surface area contributed by atoms with Gasteiger partial charge in [0.05, 0.1) is 6.10 Å². The molecule has 2 N–H and O–H groups in total. The van der Waals surface area contributed by atoms with Crippen molar-refractivity contribution in [2.45, 2.75) is 77.7 Å². The van der Waals surface area contributed by atoms with Crippen molar-refractivity contribution in [1.82, 2.24) is 0 Å². The maximum atomic E-state index is 10.4. The molecule has 2 atom stereocenters. The molecule has 156 valence electrons. The zero-order valence-corrected chi connectivity index (χ0v) is 18.2. The lowest BCUT2D eigenvalue weighted by molar-refractivity contribution is 0.0702. The first-order valence-electron chi connectivity index (χ1n) is 10.1. The Morgan fingerprint density at radius 1 is 1.39 bits per heavy atom. The summed E-state index contributed by atoms with van der Waals surface area (Å²) in [5, 5.41) is 17.7. The van der Waals surface area contributed by atoms with Gasteiger partial charge in [0.15, 0.2) is 0 Å². The molecular weight excluding hydrogens is 368 g/mol. The Bertz CT molecular complexity index is 610. The lowest BCUT2D eigenvalue weighted by Gasteiger charge is -2.02. The van der Waals surface area contributed by atoms with Gasteiger partial charge >= 0.3 is 5.97 Å². The molecule has 0 aliphatic heterocycles. The summed E-state index contributed by atoms with van der Waals surface area (Å²) in [6.45, 7) is 7.96. The first-order chi connectivity index (χ1) is 13.4. The van der Waals surface area contributed by atoms with Gasteiger partial charge in [0.1, 0.15) is 4.88 Å². The monoisotopic (exact) mass is 404 g/mol. The van der Waals surface area contributed by atoms with E-state index in [1.807, 2.05) is 13.0 Å². The lowest BCUT2D eigenvalue weighted by Crippen LogP contribution is -1.97. The van der Waals surface area contributed by atoms with Crippen molar-refractivity contribution in [3.8, 4) is 12.8 Å². The highest BCUT2D eigenvalue weighted by atomic mass is 32.1. The summed E-state index contributed by atoms with van der Waals surface area (Å²) in [6, 6.07) is 3.55. The van der Waals surface area contributed by atoms with E-state index in [9.17, 15) is 4.79 Å². The molecule has 1 aromatic heterocycles. The zero-order valence-electron chi connectivity index (χ0n) is 17.4. The van der Waals surface area contributed by atoms with Crippen LogP contribution in [0.25, 0.3) is 0 Å². The van der Waals surface area contributed by atoms with Gasteiger partial charge in [-0.25, -0.2) is 4.79 Å². The Labute approximate surface area is 175 Å². The van der Waals surface area contributed by atoms with Crippen LogP contribution >= 0.6 is 11.3 Å². The number of hydrogen-bond acceptors (Lipinski definition) is 3. The Morgan fingerprint density at radius 3 is 2.61 bits per heavy atom. The summed E-state index contributed by atoms with van der Waals surface area (Å²) in [6.07, 6.45) is 22.7. The molecule has 1 aromatic rings. The Balaban J connectivity index is 0.000000497. The van der Waals surface area contributed by atoms with Crippen LogP contribution in [0.2, 0.25) is 0 Å². The van der Waals surface area contributed by atoms with Crippen LogP contribution in [0.15, 0.2) is 36.4 Å². The molecule has 28 heavy (non-hydrogen) atoms. The van der Waals surface area contributed by atoms with Crippen molar-refractivity contribution in [1.29, 1.82) is 0 Å². The van der Waals surface area contributed by atoms with Crippen molar-refractivity contribution in [3.63, 3.8) is 0 Å². The number of unbranched alkanes of at least 4 members (excludes halogenated alkanes) is 2. The van der Waals surface area contributed by atoms with E-state index in [2.05, 4.69) is 38.5 Å². The van der Waals surface area contributed by atoms with Gasteiger partial charge in [-0.15, -0.1) is 24.2 Å². The minimum absolute atomic E-state index is 0.132. The van der Waals surface area contributed by atoms with Crippen LogP contribution in [0.3, 0.4) is 0 Å².